The number of hydrogen-bond acceptors (Lipinski definition) is 4. The van der Waals surface area contributed by atoms with Gasteiger partial charge in [-0.05, 0) is 79.4 Å². The molecular formula is C30H27F5N4O3. The molecule has 0 radical (unpaired) electrons. The van der Waals surface area contributed by atoms with Crippen LogP contribution < -0.4 is 15.1 Å². The fourth-order valence-electron chi connectivity index (χ4n) is 5.18. The number of halogens is 5. The summed E-state index contributed by atoms with van der Waals surface area (Å²) in [5.74, 6) is -2.86. The molecule has 0 aliphatic carbocycles. The van der Waals surface area contributed by atoms with Gasteiger partial charge >= 0.3 is 12.2 Å². The minimum Gasteiger partial charge on any atom is -0.310 e. The molecule has 2 fully saturated rings. The molecule has 42 heavy (non-hydrogen) atoms. The molecule has 0 saturated carbocycles. The number of nitrogens with one attached hydrogen (secondary N) is 1. The molecule has 0 spiro atoms. The maximum absolute atomic E-state index is 14.3. The number of carbonyl (C=O) groups excluding carboxylic acids is 3. The van der Waals surface area contributed by atoms with E-state index in [1.165, 1.54) is 36.9 Å². The molecule has 2 aliphatic rings. The van der Waals surface area contributed by atoms with E-state index in [0.29, 0.717) is 41.2 Å². The van der Waals surface area contributed by atoms with Crippen LogP contribution in [-0.2, 0) is 28.7 Å². The normalized spacial score (nSPS) is 17.4. The zero-order valence-corrected chi connectivity index (χ0v) is 22.8. The van der Waals surface area contributed by atoms with Crippen LogP contribution in [0, 0.1) is 11.6 Å². The van der Waals surface area contributed by atoms with Crippen LogP contribution in [0.25, 0.3) is 0 Å². The predicted octanol–water partition coefficient (Wildman–Crippen LogP) is 5.26. The quantitative estimate of drug-likeness (QED) is 0.316. The first kappa shape index (κ1) is 29.2. The Kier molecular flexibility index (Phi) is 7.52. The van der Waals surface area contributed by atoms with E-state index < -0.39 is 46.5 Å². The summed E-state index contributed by atoms with van der Waals surface area (Å²) >= 11 is 0. The Labute approximate surface area is 238 Å². The van der Waals surface area contributed by atoms with Gasteiger partial charge < -0.3 is 15.1 Å². The highest BCUT2D eigenvalue weighted by Gasteiger charge is 2.52. The molecule has 2 aliphatic heterocycles. The fraction of sp³-hybridized carbons (Fsp3) is 0.300. The third kappa shape index (κ3) is 5.46. The van der Waals surface area contributed by atoms with Gasteiger partial charge in [0.15, 0.2) is 0 Å². The predicted molar refractivity (Wildman–Crippen MR) is 145 cm³/mol. The van der Waals surface area contributed by atoms with Gasteiger partial charge in [0.25, 0.3) is 5.91 Å². The van der Waals surface area contributed by atoms with Crippen LogP contribution in [-0.4, -0.2) is 47.9 Å². The Morgan fingerprint density at radius 1 is 0.881 bits per heavy atom. The second kappa shape index (κ2) is 10.8. The number of urea groups is 1. The van der Waals surface area contributed by atoms with Gasteiger partial charge in [-0.1, -0.05) is 18.2 Å². The van der Waals surface area contributed by atoms with Gasteiger partial charge in [-0.25, -0.2) is 18.5 Å². The number of amides is 4. The number of alkyl halides is 3. The van der Waals surface area contributed by atoms with Crippen LogP contribution in [0.3, 0.4) is 0 Å². The number of rotatable bonds is 6. The van der Waals surface area contributed by atoms with Gasteiger partial charge in [-0.3, -0.25) is 9.59 Å². The lowest BCUT2D eigenvalue weighted by molar-refractivity contribution is -0.140. The average Bonchev–Trinajstić information content (AvgIpc) is 3.09. The minimum absolute atomic E-state index is 0.0434. The van der Waals surface area contributed by atoms with Gasteiger partial charge in [0.2, 0.25) is 5.91 Å². The van der Waals surface area contributed by atoms with E-state index in [9.17, 15) is 36.3 Å². The van der Waals surface area contributed by atoms with Gasteiger partial charge in [0.05, 0.1) is 17.8 Å². The smallest absolute Gasteiger partial charge is 0.310 e. The Balaban J connectivity index is 1.41. The standard InChI is InChI=1S/C30H27F5N4O3/c1-29(2)27(41)39(23-9-10-25(32)24(15-23)30(33,34)35)28(42)38(29)17-19-5-6-21(31)14-20(19)13-18-3-7-22(8-4-18)37-12-11-36-16-26(37)40/h3-10,14-15,36H,11-13,16-17H2,1-2H3. The van der Waals surface area contributed by atoms with E-state index >= 15 is 0 Å². The molecule has 2 heterocycles. The Morgan fingerprint density at radius 3 is 2.24 bits per heavy atom. The summed E-state index contributed by atoms with van der Waals surface area (Å²) in [6.07, 6.45) is -4.75. The first-order valence-electron chi connectivity index (χ1n) is 13.2. The number of anilines is 2. The molecule has 4 amide bonds. The molecule has 0 atom stereocenters. The van der Waals surface area contributed by atoms with E-state index in [1.807, 2.05) is 12.1 Å². The average molecular weight is 587 g/mol. The summed E-state index contributed by atoms with van der Waals surface area (Å²) in [6, 6.07) is 12.4. The van der Waals surface area contributed by atoms with Crippen molar-refractivity contribution in [3.63, 3.8) is 0 Å². The van der Waals surface area contributed by atoms with Crippen molar-refractivity contribution in [3.8, 4) is 0 Å². The van der Waals surface area contributed by atoms with Crippen molar-refractivity contribution in [2.75, 3.05) is 29.4 Å². The molecule has 5 rings (SSSR count). The largest absolute Gasteiger partial charge is 0.419 e. The second-order valence-electron chi connectivity index (χ2n) is 10.7. The zero-order valence-electron chi connectivity index (χ0n) is 22.8. The second-order valence-corrected chi connectivity index (χ2v) is 10.7. The SMILES string of the molecule is CC1(C)C(=O)N(c2ccc(F)c(C(F)(F)F)c2)C(=O)N1Cc1ccc(F)cc1Cc1ccc(N2CCNCC2=O)cc1. The van der Waals surface area contributed by atoms with Gasteiger partial charge in [0.1, 0.15) is 17.2 Å². The summed E-state index contributed by atoms with van der Waals surface area (Å²) in [5, 5.41) is 3.01. The van der Waals surface area contributed by atoms with Crippen LogP contribution in [0.4, 0.5) is 38.1 Å². The van der Waals surface area contributed by atoms with Crippen molar-refractivity contribution in [1.82, 2.24) is 10.2 Å². The first-order valence-corrected chi connectivity index (χ1v) is 13.2. The summed E-state index contributed by atoms with van der Waals surface area (Å²) in [4.78, 5) is 42.5. The Morgan fingerprint density at radius 2 is 1.57 bits per heavy atom. The van der Waals surface area contributed by atoms with Gasteiger partial charge in [-0.15, -0.1) is 0 Å². The summed E-state index contributed by atoms with van der Waals surface area (Å²) in [6.45, 7) is 4.25. The van der Waals surface area contributed by atoms with Crippen molar-refractivity contribution in [3.05, 3.63) is 94.6 Å². The summed E-state index contributed by atoms with van der Waals surface area (Å²) in [7, 11) is 0. The highest BCUT2D eigenvalue weighted by Crippen LogP contribution is 2.38. The lowest BCUT2D eigenvalue weighted by Gasteiger charge is -2.29. The number of imide groups is 1. The zero-order chi connectivity index (χ0) is 30.4. The first-order chi connectivity index (χ1) is 19.8. The van der Waals surface area contributed by atoms with Crippen LogP contribution >= 0.6 is 0 Å². The molecular weight excluding hydrogens is 559 g/mol. The number of nitrogens with zero attached hydrogens (tertiary/aromatic N) is 3. The molecule has 0 unspecified atom stereocenters. The topological polar surface area (TPSA) is 73.0 Å². The van der Waals surface area contributed by atoms with E-state index in [0.717, 1.165) is 17.3 Å². The van der Waals surface area contributed by atoms with E-state index in [-0.39, 0.29) is 25.4 Å². The number of hydrogen-bond donors (Lipinski definition) is 1. The molecule has 7 nitrogen and oxygen atoms in total. The molecule has 2 saturated heterocycles. The number of piperazine rings is 1. The molecule has 12 heteroatoms. The third-order valence-electron chi connectivity index (χ3n) is 7.57. The fourth-order valence-corrected chi connectivity index (χ4v) is 5.18. The monoisotopic (exact) mass is 586 g/mol. The molecule has 3 aromatic rings. The van der Waals surface area contributed by atoms with E-state index in [2.05, 4.69) is 5.32 Å². The molecule has 0 aromatic heterocycles. The lowest BCUT2D eigenvalue weighted by atomic mass is 9.97. The van der Waals surface area contributed by atoms with E-state index in [4.69, 9.17) is 0 Å². The molecule has 1 N–H and O–H groups in total. The maximum Gasteiger partial charge on any atom is 0.419 e. The van der Waals surface area contributed by atoms with Crippen molar-refractivity contribution in [2.24, 2.45) is 0 Å². The Bertz CT molecular complexity index is 1560. The van der Waals surface area contributed by atoms with Crippen LogP contribution in [0.5, 0.6) is 0 Å². The molecule has 0 bridgehead atoms. The van der Waals surface area contributed by atoms with Crippen LogP contribution in [0.1, 0.15) is 36.1 Å². The van der Waals surface area contributed by atoms with Crippen LogP contribution in [0.2, 0.25) is 0 Å². The number of carbonyl (C=O) groups is 3. The van der Waals surface area contributed by atoms with Crippen molar-refractivity contribution < 1.29 is 36.3 Å². The maximum atomic E-state index is 14.3. The van der Waals surface area contributed by atoms with Crippen molar-refractivity contribution in [2.45, 2.75) is 38.5 Å². The number of benzene rings is 3. The van der Waals surface area contributed by atoms with Gasteiger partial charge in [0, 0.05) is 25.3 Å². The van der Waals surface area contributed by atoms with Crippen molar-refractivity contribution >= 4 is 29.2 Å². The lowest BCUT2D eigenvalue weighted by Crippen LogP contribution is -2.48. The van der Waals surface area contributed by atoms with Crippen LogP contribution in [0.15, 0.2) is 60.7 Å². The van der Waals surface area contributed by atoms with Crippen molar-refractivity contribution in [1.29, 1.82) is 0 Å². The van der Waals surface area contributed by atoms with E-state index in [1.54, 1.807) is 17.0 Å². The third-order valence-corrected chi connectivity index (χ3v) is 7.57. The highest BCUT2D eigenvalue weighted by atomic mass is 19.4. The molecule has 3 aromatic carbocycles. The summed E-state index contributed by atoms with van der Waals surface area (Å²) < 4.78 is 68.2. The Hall–Kier alpha value is -4.32. The summed E-state index contributed by atoms with van der Waals surface area (Å²) in [5.41, 5.74) is -0.846. The minimum atomic E-state index is -5.02. The molecule has 220 valence electrons. The highest BCUT2D eigenvalue weighted by molar-refractivity contribution is 6.23. The van der Waals surface area contributed by atoms with Gasteiger partial charge in [-0.2, -0.15) is 13.2 Å².